The van der Waals surface area contributed by atoms with Crippen LogP contribution in [0.4, 0.5) is 0 Å². The quantitative estimate of drug-likeness (QED) is 0.146. The molecular formula is C43H29N2+. The minimum absolute atomic E-state index is 1.11. The predicted octanol–water partition coefficient (Wildman–Crippen LogP) is 10.7. The van der Waals surface area contributed by atoms with E-state index >= 15 is 0 Å². The largest absolute Gasteiger partial charge is 0.236 e. The molecule has 0 aliphatic heterocycles. The number of aromatic nitrogens is 2. The Hall–Kier alpha value is -5.99. The first-order valence-corrected chi connectivity index (χ1v) is 15.4. The average Bonchev–Trinajstić information content (AvgIpc) is 3.50. The van der Waals surface area contributed by atoms with Crippen molar-refractivity contribution in [2.45, 2.75) is 0 Å². The lowest BCUT2D eigenvalue weighted by molar-refractivity contribution is -0.672. The fourth-order valence-electron chi connectivity index (χ4n) is 6.99. The van der Waals surface area contributed by atoms with Crippen LogP contribution in [0.25, 0.3) is 76.8 Å². The molecule has 0 fully saturated rings. The summed E-state index contributed by atoms with van der Waals surface area (Å²) in [6, 6.07) is 61.4. The monoisotopic (exact) mass is 573 g/mol. The summed E-state index contributed by atoms with van der Waals surface area (Å²) in [5.74, 6) is 0. The van der Waals surface area contributed by atoms with E-state index in [2.05, 4.69) is 185 Å². The molecular weight excluding hydrogens is 544 g/mol. The minimum atomic E-state index is 1.11. The number of nitrogens with zero attached hydrogens (tertiary/aromatic N) is 2. The highest BCUT2D eigenvalue weighted by atomic mass is 15.4. The van der Waals surface area contributed by atoms with Crippen molar-refractivity contribution in [3.8, 4) is 33.6 Å². The number of para-hydroxylation sites is 2. The van der Waals surface area contributed by atoms with Gasteiger partial charge in [-0.1, -0.05) is 120 Å². The van der Waals surface area contributed by atoms with E-state index in [4.69, 9.17) is 0 Å². The van der Waals surface area contributed by atoms with Gasteiger partial charge in [-0.15, -0.1) is 4.68 Å². The van der Waals surface area contributed by atoms with Crippen LogP contribution in [0, 0.1) is 0 Å². The van der Waals surface area contributed by atoms with E-state index in [-0.39, 0.29) is 0 Å². The van der Waals surface area contributed by atoms with Gasteiger partial charge < -0.3 is 0 Å². The second kappa shape index (κ2) is 10.3. The molecule has 0 aliphatic carbocycles. The molecule has 9 rings (SSSR count). The Morgan fingerprint density at radius 2 is 0.889 bits per heavy atom. The summed E-state index contributed by atoms with van der Waals surface area (Å²) in [6.07, 6.45) is 2.22. The van der Waals surface area contributed by atoms with Gasteiger partial charge in [0.05, 0.1) is 5.39 Å². The Kier molecular flexibility index (Phi) is 5.85. The molecule has 0 atom stereocenters. The van der Waals surface area contributed by atoms with Crippen LogP contribution in [-0.2, 0) is 0 Å². The minimum Gasteiger partial charge on any atom is -0.115 e. The van der Waals surface area contributed by atoms with Gasteiger partial charge in [0.2, 0.25) is 11.9 Å². The number of hydrogen-bond donors (Lipinski definition) is 0. The van der Waals surface area contributed by atoms with Crippen LogP contribution in [0.15, 0.2) is 176 Å². The molecule has 8 aromatic carbocycles. The first kappa shape index (κ1) is 25.5. The molecule has 0 N–H and O–H groups in total. The van der Waals surface area contributed by atoms with Crippen molar-refractivity contribution in [1.82, 2.24) is 4.68 Å². The van der Waals surface area contributed by atoms with Crippen molar-refractivity contribution in [3.63, 3.8) is 0 Å². The van der Waals surface area contributed by atoms with Gasteiger partial charge in [0, 0.05) is 12.1 Å². The summed E-state index contributed by atoms with van der Waals surface area (Å²) in [4.78, 5) is 0. The van der Waals surface area contributed by atoms with Gasteiger partial charge in [-0.05, 0) is 97.0 Å². The van der Waals surface area contributed by atoms with Gasteiger partial charge in [0.15, 0.2) is 0 Å². The lowest BCUT2D eigenvalue weighted by Crippen LogP contribution is -2.39. The normalized spacial score (nSPS) is 11.6. The molecule has 0 aliphatic rings. The maximum absolute atomic E-state index is 2.33. The number of benzene rings is 8. The molecule has 0 saturated heterocycles. The summed E-state index contributed by atoms with van der Waals surface area (Å²) in [5, 5.41) is 8.78. The van der Waals surface area contributed by atoms with Crippen LogP contribution in [-0.4, -0.2) is 4.68 Å². The molecule has 1 aromatic heterocycles. The molecule has 0 bridgehead atoms. The summed E-state index contributed by atoms with van der Waals surface area (Å²) >= 11 is 0. The highest BCUT2D eigenvalue weighted by Gasteiger charge is 2.21. The van der Waals surface area contributed by atoms with Crippen LogP contribution in [0.1, 0.15) is 0 Å². The maximum atomic E-state index is 2.33. The van der Waals surface area contributed by atoms with Crippen LogP contribution in [0.5, 0.6) is 0 Å². The zero-order valence-electron chi connectivity index (χ0n) is 24.6. The smallest absolute Gasteiger partial charge is 0.115 e. The molecule has 0 unspecified atom stereocenters. The maximum Gasteiger partial charge on any atom is 0.236 e. The standard InChI is InChI=1S/C43H29N2/c1-2-15-36(16-3-1)45-41-21-11-6-14-34(41)29-44(45)35-26-24-31(25-27-35)42-37-17-7-9-19-39(37)43(40-20-10-8-18-38(40)42)33-23-22-30-12-4-5-13-32(30)28-33/h1-29H/q+1. The molecule has 2 nitrogen and oxygen atoms in total. The molecule has 9 aromatic rings. The number of fused-ring (bicyclic) bond motifs is 4. The molecule has 0 radical (unpaired) electrons. The Bertz CT molecular complexity index is 2470. The average molecular weight is 574 g/mol. The van der Waals surface area contributed by atoms with Crippen molar-refractivity contribution in [3.05, 3.63) is 176 Å². The van der Waals surface area contributed by atoms with Gasteiger partial charge >= 0.3 is 0 Å². The van der Waals surface area contributed by atoms with Gasteiger partial charge in [-0.25, -0.2) is 0 Å². The van der Waals surface area contributed by atoms with E-state index in [0.717, 1.165) is 11.4 Å². The highest BCUT2D eigenvalue weighted by molar-refractivity contribution is 6.21. The third-order valence-corrected chi connectivity index (χ3v) is 9.03. The van der Waals surface area contributed by atoms with Crippen molar-refractivity contribution in [2.75, 3.05) is 0 Å². The second-order valence-corrected chi connectivity index (χ2v) is 11.6. The molecule has 210 valence electrons. The van der Waals surface area contributed by atoms with Crippen LogP contribution in [0.3, 0.4) is 0 Å². The van der Waals surface area contributed by atoms with Crippen LogP contribution >= 0.6 is 0 Å². The summed E-state index contributed by atoms with van der Waals surface area (Å²) in [6.45, 7) is 0. The Morgan fingerprint density at radius 1 is 0.378 bits per heavy atom. The zero-order chi connectivity index (χ0) is 29.7. The lowest BCUT2D eigenvalue weighted by Gasteiger charge is -2.18. The van der Waals surface area contributed by atoms with E-state index in [1.807, 2.05) is 0 Å². The highest BCUT2D eigenvalue weighted by Crippen LogP contribution is 2.44. The first-order valence-electron chi connectivity index (χ1n) is 15.4. The molecule has 45 heavy (non-hydrogen) atoms. The molecule has 1 heterocycles. The SMILES string of the molecule is c1ccc(-n2c3ccccc3c[n+]2-c2ccc(-c3c4ccccc4c(-c4ccc5ccccc5c4)c4ccccc34)cc2)cc1. The Balaban J connectivity index is 1.25. The number of rotatable bonds is 4. The summed E-state index contributed by atoms with van der Waals surface area (Å²) in [5.41, 5.74) is 8.42. The third-order valence-electron chi connectivity index (χ3n) is 9.03. The van der Waals surface area contributed by atoms with Gasteiger partial charge in [0.25, 0.3) is 0 Å². The lowest BCUT2D eigenvalue weighted by atomic mass is 9.85. The van der Waals surface area contributed by atoms with E-state index in [0.29, 0.717) is 0 Å². The Labute approximate surface area is 261 Å². The van der Waals surface area contributed by atoms with Gasteiger partial charge in [-0.3, -0.25) is 0 Å². The molecule has 2 heteroatoms. The topological polar surface area (TPSA) is 8.81 Å². The first-order chi connectivity index (χ1) is 22.3. The van der Waals surface area contributed by atoms with Crippen LogP contribution < -0.4 is 4.68 Å². The summed E-state index contributed by atoms with van der Waals surface area (Å²) < 4.78 is 4.54. The van der Waals surface area contributed by atoms with Crippen molar-refractivity contribution in [2.24, 2.45) is 0 Å². The van der Waals surface area contributed by atoms with E-state index in [9.17, 15) is 0 Å². The van der Waals surface area contributed by atoms with E-state index < -0.39 is 0 Å². The summed E-state index contributed by atoms with van der Waals surface area (Å²) in [7, 11) is 0. The van der Waals surface area contributed by atoms with Gasteiger partial charge in [0.1, 0.15) is 11.2 Å². The van der Waals surface area contributed by atoms with Gasteiger partial charge in [-0.2, -0.15) is 0 Å². The third kappa shape index (κ3) is 4.15. The second-order valence-electron chi connectivity index (χ2n) is 11.6. The molecule has 0 spiro atoms. The molecule has 0 saturated carbocycles. The van der Waals surface area contributed by atoms with Crippen molar-refractivity contribution < 1.29 is 4.68 Å². The fraction of sp³-hybridized carbons (Fsp3) is 0. The molecule has 0 amide bonds. The predicted molar refractivity (Wildman–Crippen MR) is 188 cm³/mol. The van der Waals surface area contributed by atoms with Crippen molar-refractivity contribution in [1.29, 1.82) is 0 Å². The zero-order valence-corrected chi connectivity index (χ0v) is 24.6. The van der Waals surface area contributed by atoms with Crippen molar-refractivity contribution >= 4 is 43.2 Å². The fourth-order valence-corrected chi connectivity index (χ4v) is 6.99. The van der Waals surface area contributed by atoms with Crippen LogP contribution in [0.2, 0.25) is 0 Å². The Morgan fingerprint density at radius 3 is 1.56 bits per heavy atom. The van der Waals surface area contributed by atoms with E-state index in [1.165, 1.54) is 65.5 Å². The number of hydrogen-bond acceptors (Lipinski definition) is 0. The van der Waals surface area contributed by atoms with E-state index in [1.54, 1.807) is 0 Å².